The summed E-state index contributed by atoms with van der Waals surface area (Å²) in [5.74, 6) is -0.0227. The Bertz CT molecular complexity index is 679. The zero-order chi connectivity index (χ0) is 14.8. The summed E-state index contributed by atoms with van der Waals surface area (Å²) in [6, 6.07) is 2.66. The third kappa shape index (κ3) is 4.19. The van der Waals surface area contributed by atoms with Gasteiger partial charge in [-0.25, -0.2) is 22.0 Å². The number of benzene rings is 1. The van der Waals surface area contributed by atoms with Gasteiger partial charge in [-0.2, -0.15) is 0 Å². The van der Waals surface area contributed by atoms with Crippen LogP contribution in [0.5, 0.6) is 0 Å². The molecule has 0 bridgehead atoms. The van der Waals surface area contributed by atoms with Crippen LogP contribution in [-0.2, 0) is 20.0 Å². The zero-order valence-corrected chi connectivity index (χ0v) is 12.7. The Labute approximate surface area is 114 Å². The lowest BCUT2D eigenvalue weighted by atomic mass is 10.1. The molecule has 0 amide bonds. The molecule has 0 aliphatic rings. The van der Waals surface area contributed by atoms with Crippen molar-refractivity contribution in [2.45, 2.75) is 32.1 Å². The molecular formula is C11H18N2O4S2. The van der Waals surface area contributed by atoms with Crippen LogP contribution >= 0.6 is 0 Å². The summed E-state index contributed by atoms with van der Waals surface area (Å²) in [7, 11) is -7.34. The molecule has 0 aliphatic carbocycles. The highest BCUT2D eigenvalue weighted by Crippen LogP contribution is 2.24. The summed E-state index contributed by atoms with van der Waals surface area (Å²) >= 11 is 0. The van der Waals surface area contributed by atoms with E-state index in [9.17, 15) is 16.8 Å². The second kappa shape index (κ2) is 5.48. The molecule has 0 radical (unpaired) electrons. The van der Waals surface area contributed by atoms with Gasteiger partial charge in [0, 0.05) is 0 Å². The summed E-state index contributed by atoms with van der Waals surface area (Å²) < 4.78 is 48.5. The van der Waals surface area contributed by atoms with Gasteiger partial charge in [-0.1, -0.05) is 6.92 Å². The lowest BCUT2D eigenvalue weighted by Crippen LogP contribution is -2.18. The molecule has 6 nitrogen and oxygen atoms in total. The van der Waals surface area contributed by atoms with Crippen molar-refractivity contribution in [3.63, 3.8) is 0 Å². The fourth-order valence-corrected chi connectivity index (χ4v) is 3.39. The van der Waals surface area contributed by atoms with Gasteiger partial charge in [0.1, 0.15) is 0 Å². The van der Waals surface area contributed by atoms with Crippen LogP contribution in [-0.4, -0.2) is 22.6 Å². The average molecular weight is 306 g/mol. The maximum absolute atomic E-state index is 11.7. The molecule has 0 fully saturated rings. The van der Waals surface area contributed by atoms with Crippen LogP contribution in [0.1, 0.15) is 24.5 Å². The summed E-state index contributed by atoms with van der Waals surface area (Å²) in [6.45, 7) is 5.16. The molecule has 0 saturated carbocycles. The number of hydrogen-bond acceptors (Lipinski definition) is 4. The van der Waals surface area contributed by atoms with Crippen molar-refractivity contribution in [3.8, 4) is 0 Å². The number of nitrogens with one attached hydrogen (secondary N) is 1. The molecule has 1 aromatic rings. The molecule has 1 rings (SSSR count). The summed E-state index contributed by atoms with van der Waals surface area (Å²) in [6.07, 6.45) is 0.474. The average Bonchev–Trinajstić information content (AvgIpc) is 2.22. The fraction of sp³-hybridized carbons (Fsp3) is 0.455. The van der Waals surface area contributed by atoms with Crippen LogP contribution in [0.15, 0.2) is 17.0 Å². The first-order valence-electron chi connectivity index (χ1n) is 5.71. The molecule has 3 N–H and O–H groups in total. The number of hydrogen-bond donors (Lipinski definition) is 2. The largest absolute Gasteiger partial charge is 0.283 e. The summed E-state index contributed by atoms with van der Waals surface area (Å²) in [5, 5.41) is 5.06. The van der Waals surface area contributed by atoms with Crippen molar-refractivity contribution in [2.75, 3.05) is 10.5 Å². The number of rotatable bonds is 5. The molecule has 0 unspecified atom stereocenters. The topological polar surface area (TPSA) is 106 Å². The van der Waals surface area contributed by atoms with Gasteiger partial charge in [-0.3, -0.25) is 4.72 Å². The molecule has 0 aromatic heterocycles. The normalized spacial score (nSPS) is 12.4. The fourth-order valence-electron chi connectivity index (χ4n) is 1.58. The van der Waals surface area contributed by atoms with Gasteiger partial charge in [0.15, 0.2) is 0 Å². The number of nitrogens with two attached hydrogens (primary N) is 1. The molecule has 8 heteroatoms. The third-order valence-corrected chi connectivity index (χ3v) is 5.08. The molecule has 0 saturated heterocycles. The van der Waals surface area contributed by atoms with Crippen LogP contribution in [0.25, 0.3) is 0 Å². The Morgan fingerprint density at radius 1 is 1.16 bits per heavy atom. The standard InChI is InChI=1S/C11H18N2O4S2/c1-4-5-18(14,15)13-11-7-10(19(12,16)17)6-8(2)9(11)3/h6-7,13H,4-5H2,1-3H3,(H2,12,16,17). The Morgan fingerprint density at radius 2 is 1.74 bits per heavy atom. The van der Waals surface area contributed by atoms with Gasteiger partial charge in [-0.15, -0.1) is 0 Å². The minimum Gasteiger partial charge on any atom is -0.283 e. The van der Waals surface area contributed by atoms with E-state index in [0.29, 0.717) is 17.5 Å². The predicted molar refractivity (Wildman–Crippen MR) is 75.0 cm³/mol. The lowest BCUT2D eigenvalue weighted by Gasteiger charge is -2.13. The van der Waals surface area contributed by atoms with Gasteiger partial charge in [0.05, 0.1) is 16.3 Å². The van der Waals surface area contributed by atoms with Gasteiger partial charge in [0.25, 0.3) is 0 Å². The maximum atomic E-state index is 11.7. The minimum absolute atomic E-state index is 0.0227. The van der Waals surface area contributed by atoms with Crippen molar-refractivity contribution in [1.29, 1.82) is 0 Å². The number of sulfonamides is 2. The second-order valence-electron chi connectivity index (χ2n) is 4.38. The van der Waals surface area contributed by atoms with E-state index < -0.39 is 20.0 Å². The summed E-state index contributed by atoms with van der Waals surface area (Å²) in [5.41, 5.74) is 1.57. The molecule has 0 aliphatic heterocycles. The van der Waals surface area contributed by atoms with E-state index >= 15 is 0 Å². The SMILES string of the molecule is CCCS(=O)(=O)Nc1cc(S(N)(=O)=O)cc(C)c1C. The number of primary sulfonamides is 1. The first-order valence-corrected chi connectivity index (χ1v) is 8.91. The maximum Gasteiger partial charge on any atom is 0.238 e. The Kier molecular flexibility index (Phi) is 4.59. The van der Waals surface area contributed by atoms with Gasteiger partial charge >= 0.3 is 0 Å². The highest BCUT2D eigenvalue weighted by Gasteiger charge is 2.16. The smallest absolute Gasteiger partial charge is 0.238 e. The predicted octanol–water partition coefficient (Wildman–Crippen LogP) is 1.10. The van der Waals surface area contributed by atoms with Gasteiger partial charge < -0.3 is 0 Å². The van der Waals surface area contributed by atoms with Crippen molar-refractivity contribution in [3.05, 3.63) is 23.3 Å². The van der Waals surface area contributed by atoms with Crippen LogP contribution in [0.3, 0.4) is 0 Å². The molecule has 108 valence electrons. The highest BCUT2D eigenvalue weighted by atomic mass is 32.2. The first kappa shape index (κ1) is 15.9. The van der Waals surface area contributed by atoms with Crippen molar-refractivity contribution in [2.24, 2.45) is 5.14 Å². The molecular weight excluding hydrogens is 288 g/mol. The second-order valence-corrected chi connectivity index (χ2v) is 7.78. The Balaban J connectivity index is 3.33. The van der Waals surface area contributed by atoms with Gasteiger partial charge in [-0.05, 0) is 43.5 Å². The van der Waals surface area contributed by atoms with Gasteiger partial charge in [0.2, 0.25) is 20.0 Å². The van der Waals surface area contributed by atoms with E-state index in [4.69, 9.17) is 5.14 Å². The highest BCUT2D eigenvalue weighted by molar-refractivity contribution is 7.92. The molecule has 0 spiro atoms. The third-order valence-electron chi connectivity index (χ3n) is 2.71. The van der Waals surface area contributed by atoms with E-state index in [1.165, 1.54) is 12.1 Å². The van der Waals surface area contributed by atoms with Crippen molar-refractivity contribution in [1.82, 2.24) is 0 Å². The monoisotopic (exact) mass is 306 g/mol. The lowest BCUT2D eigenvalue weighted by molar-refractivity contribution is 0.596. The number of aryl methyl sites for hydroxylation is 1. The molecule has 1 aromatic carbocycles. The Hall–Kier alpha value is -1.12. The zero-order valence-electron chi connectivity index (χ0n) is 11.1. The quantitative estimate of drug-likeness (QED) is 0.849. The van der Waals surface area contributed by atoms with E-state index in [1.54, 1.807) is 20.8 Å². The molecule has 0 heterocycles. The van der Waals surface area contributed by atoms with E-state index in [0.717, 1.165) is 0 Å². The molecule has 0 atom stereocenters. The van der Waals surface area contributed by atoms with Crippen LogP contribution in [0.2, 0.25) is 0 Å². The summed E-state index contributed by atoms with van der Waals surface area (Å²) in [4.78, 5) is -0.107. The van der Waals surface area contributed by atoms with Crippen molar-refractivity contribution >= 4 is 25.7 Å². The number of anilines is 1. The van der Waals surface area contributed by atoms with Crippen LogP contribution in [0, 0.1) is 13.8 Å². The van der Waals surface area contributed by atoms with E-state index in [-0.39, 0.29) is 16.3 Å². The van der Waals surface area contributed by atoms with E-state index in [1.807, 2.05) is 0 Å². The molecule has 19 heavy (non-hydrogen) atoms. The minimum atomic E-state index is -3.87. The Morgan fingerprint density at radius 3 is 2.21 bits per heavy atom. The van der Waals surface area contributed by atoms with Crippen LogP contribution < -0.4 is 9.86 Å². The van der Waals surface area contributed by atoms with E-state index in [2.05, 4.69) is 4.72 Å². The van der Waals surface area contributed by atoms with Crippen LogP contribution in [0.4, 0.5) is 5.69 Å². The van der Waals surface area contributed by atoms with Crippen molar-refractivity contribution < 1.29 is 16.8 Å². The first-order chi connectivity index (χ1) is 8.57.